The summed E-state index contributed by atoms with van der Waals surface area (Å²) < 4.78 is 8.15. The maximum Gasteiger partial charge on any atom is 0.198 e. The molecule has 0 radical (unpaired) electrons. The van der Waals surface area contributed by atoms with Gasteiger partial charge in [-0.25, -0.2) is 9.97 Å². The first-order valence-electron chi connectivity index (χ1n) is 5.76. The van der Waals surface area contributed by atoms with Gasteiger partial charge in [0.05, 0.1) is 13.7 Å². The van der Waals surface area contributed by atoms with E-state index in [0.29, 0.717) is 16.3 Å². The molecule has 0 saturated carbocycles. The lowest BCUT2D eigenvalue weighted by atomic mass is 10.2. The first kappa shape index (κ1) is 15.2. The van der Waals surface area contributed by atoms with E-state index >= 15 is 0 Å². The summed E-state index contributed by atoms with van der Waals surface area (Å²) in [7, 11) is 1.86. The van der Waals surface area contributed by atoms with Gasteiger partial charge in [-0.2, -0.15) is 0 Å². The molecule has 2 aromatic heterocycles. The van der Waals surface area contributed by atoms with Gasteiger partial charge in [0.1, 0.15) is 5.82 Å². The Bertz CT molecular complexity index is 581. The van der Waals surface area contributed by atoms with Gasteiger partial charge in [-0.15, -0.1) is 0 Å². The van der Waals surface area contributed by atoms with Crippen molar-refractivity contribution in [3.63, 3.8) is 0 Å². The van der Waals surface area contributed by atoms with Gasteiger partial charge in [-0.05, 0) is 60.9 Å². The minimum Gasteiger partial charge on any atom is -0.445 e. The zero-order chi connectivity index (χ0) is 14.0. The van der Waals surface area contributed by atoms with Crippen LogP contribution in [0.25, 0.3) is 11.6 Å². The highest BCUT2D eigenvalue weighted by Gasteiger charge is 2.16. The average molecular weight is 501 g/mol. The minimum atomic E-state index is 0.597. The fourth-order valence-electron chi connectivity index (χ4n) is 1.63. The normalized spacial score (nSPS) is 10.8. The number of rotatable bonds is 4. The van der Waals surface area contributed by atoms with Crippen LogP contribution in [0.5, 0.6) is 0 Å². The number of anilines is 1. The zero-order valence-corrected chi connectivity index (χ0v) is 15.8. The molecule has 0 spiro atoms. The molecule has 0 bridgehead atoms. The van der Waals surface area contributed by atoms with Gasteiger partial charge >= 0.3 is 0 Å². The molecule has 0 unspecified atom stereocenters. The van der Waals surface area contributed by atoms with Gasteiger partial charge in [0.25, 0.3) is 0 Å². The first-order valence-corrected chi connectivity index (χ1v) is 8.42. The highest BCUT2D eigenvalue weighted by Crippen LogP contribution is 2.32. The van der Waals surface area contributed by atoms with Crippen LogP contribution in [-0.2, 0) is 6.42 Å². The molecule has 102 valence electrons. The standard InChI is InChI=1S/C12H12Br2IN3O/c1-3-4-7-9(15)12(16-2)18-11(17-7)8-5-6(13)10(14)19-8/h5H,3-4H2,1-2H3,(H,16,17,18). The lowest BCUT2D eigenvalue weighted by Crippen LogP contribution is -2.05. The van der Waals surface area contributed by atoms with E-state index in [2.05, 4.69) is 76.7 Å². The Morgan fingerprint density at radius 2 is 2.11 bits per heavy atom. The van der Waals surface area contributed by atoms with E-state index in [-0.39, 0.29) is 0 Å². The van der Waals surface area contributed by atoms with Gasteiger partial charge in [0.2, 0.25) is 0 Å². The second kappa shape index (κ2) is 6.53. The van der Waals surface area contributed by atoms with E-state index in [1.807, 2.05) is 13.1 Å². The van der Waals surface area contributed by atoms with E-state index in [4.69, 9.17) is 4.42 Å². The molecule has 0 saturated heterocycles. The van der Waals surface area contributed by atoms with Crippen molar-refractivity contribution in [1.82, 2.24) is 9.97 Å². The third-order valence-electron chi connectivity index (χ3n) is 2.51. The Morgan fingerprint density at radius 3 is 2.63 bits per heavy atom. The maximum atomic E-state index is 5.59. The fraction of sp³-hybridized carbons (Fsp3) is 0.333. The minimum absolute atomic E-state index is 0.597. The molecule has 0 amide bonds. The van der Waals surface area contributed by atoms with Crippen LogP contribution in [0.4, 0.5) is 5.82 Å². The Kier molecular flexibility index (Phi) is 5.24. The van der Waals surface area contributed by atoms with Crippen molar-refractivity contribution in [3.8, 4) is 11.6 Å². The van der Waals surface area contributed by atoms with Gasteiger partial charge in [-0.1, -0.05) is 13.3 Å². The van der Waals surface area contributed by atoms with Crippen LogP contribution < -0.4 is 5.32 Å². The van der Waals surface area contributed by atoms with Crippen molar-refractivity contribution in [2.75, 3.05) is 12.4 Å². The van der Waals surface area contributed by atoms with Gasteiger partial charge in [0.15, 0.2) is 16.3 Å². The Labute approximate surface area is 142 Å². The predicted octanol–water partition coefficient (Wildman–Crippen LogP) is 4.86. The molecule has 19 heavy (non-hydrogen) atoms. The van der Waals surface area contributed by atoms with Crippen molar-refractivity contribution in [2.24, 2.45) is 0 Å². The van der Waals surface area contributed by atoms with E-state index in [1.165, 1.54) is 0 Å². The number of halogens is 3. The molecule has 0 fully saturated rings. The van der Waals surface area contributed by atoms with Crippen LogP contribution in [-0.4, -0.2) is 17.0 Å². The third-order valence-corrected chi connectivity index (χ3v) is 5.35. The summed E-state index contributed by atoms with van der Waals surface area (Å²) >= 11 is 9.00. The van der Waals surface area contributed by atoms with Crippen molar-refractivity contribution in [2.45, 2.75) is 19.8 Å². The summed E-state index contributed by atoms with van der Waals surface area (Å²) in [5, 5.41) is 3.10. The number of aryl methyl sites for hydroxylation is 1. The monoisotopic (exact) mass is 499 g/mol. The number of aromatic nitrogens is 2. The Hall–Kier alpha value is -0.150. The van der Waals surface area contributed by atoms with Crippen LogP contribution in [0.3, 0.4) is 0 Å². The molecule has 2 heterocycles. The summed E-state index contributed by atoms with van der Waals surface area (Å²) in [6.07, 6.45) is 1.96. The lowest BCUT2D eigenvalue weighted by molar-refractivity contribution is 0.549. The molecule has 7 heteroatoms. The molecule has 2 rings (SSSR count). The molecule has 0 aliphatic heterocycles. The highest BCUT2D eigenvalue weighted by molar-refractivity contribution is 14.1. The number of hydrogen-bond donors (Lipinski definition) is 1. The zero-order valence-electron chi connectivity index (χ0n) is 10.4. The van der Waals surface area contributed by atoms with E-state index in [0.717, 1.165) is 32.4 Å². The quantitative estimate of drug-likeness (QED) is 0.609. The van der Waals surface area contributed by atoms with Crippen LogP contribution in [0.1, 0.15) is 19.0 Å². The highest BCUT2D eigenvalue weighted by atomic mass is 127. The molecule has 1 N–H and O–H groups in total. The van der Waals surface area contributed by atoms with Crippen molar-refractivity contribution in [1.29, 1.82) is 0 Å². The number of nitrogens with zero attached hydrogens (tertiary/aromatic N) is 2. The van der Waals surface area contributed by atoms with E-state index in [9.17, 15) is 0 Å². The molecule has 0 aliphatic carbocycles. The molecule has 2 aromatic rings. The Balaban J connectivity index is 2.54. The van der Waals surface area contributed by atoms with Crippen molar-refractivity contribution >= 4 is 60.3 Å². The maximum absolute atomic E-state index is 5.59. The smallest absolute Gasteiger partial charge is 0.198 e. The van der Waals surface area contributed by atoms with Gasteiger partial charge in [0, 0.05) is 13.1 Å². The van der Waals surface area contributed by atoms with Crippen LogP contribution >= 0.6 is 54.5 Å². The van der Waals surface area contributed by atoms with Gasteiger partial charge < -0.3 is 9.73 Å². The molecule has 4 nitrogen and oxygen atoms in total. The predicted molar refractivity (Wildman–Crippen MR) is 91.4 cm³/mol. The molecular formula is C12H12Br2IN3O. The molecule has 0 aliphatic rings. The average Bonchev–Trinajstić information content (AvgIpc) is 2.72. The van der Waals surface area contributed by atoms with Crippen molar-refractivity contribution in [3.05, 3.63) is 24.5 Å². The van der Waals surface area contributed by atoms with E-state index < -0.39 is 0 Å². The summed E-state index contributed by atoms with van der Waals surface area (Å²) in [5.74, 6) is 2.07. The van der Waals surface area contributed by atoms with Crippen LogP contribution in [0.2, 0.25) is 0 Å². The van der Waals surface area contributed by atoms with Crippen LogP contribution in [0, 0.1) is 3.57 Å². The lowest BCUT2D eigenvalue weighted by Gasteiger charge is -2.09. The summed E-state index contributed by atoms with van der Waals surface area (Å²) in [6.45, 7) is 2.14. The number of nitrogens with one attached hydrogen (secondary N) is 1. The number of hydrogen-bond acceptors (Lipinski definition) is 4. The molecular weight excluding hydrogens is 489 g/mol. The summed E-state index contributed by atoms with van der Waals surface area (Å²) in [4.78, 5) is 9.09. The number of furan rings is 1. The first-order chi connectivity index (χ1) is 9.06. The summed E-state index contributed by atoms with van der Waals surface area (Å²) in [5.41, 5.74) is 1.04. The van der Waals surface area contributed by atoms with Gasteiger partial charge in [-0.3, -0.25) is 0 Å². The second-order valence-electron chi connectivity index (χ2n) is 3.89. The largest absolute Gasteiger partial charge is 0.445 e. The second-order valence-corrected chi connectivity index (χ2v) is 6.54. The molecule has 0 aromatic carbocycles. The fourth-order valence-corrected chi connectivity index (χ4v) is 2.99. The third kappa shape index (κ3) is 3.30. The Morgan fingerprint density at radius 1 is 1.37 bits per heavy atom. The SMILES string of the molecule is CCCc1nc(-c2cc(Br)c(Br)o2)nc(NC)c1I. The van der Waals surface area contributed by atoms with Crippen LogP contribution in [0.15, 0.2) is 19.6 Å². The van der Waals surface area contributed by atoms with Crippen molar-refractivity contribution < 1.29 is 4.42 Å². The summed E-state index contributed by atoms with van der Waals surface area (Å²) in [6, 6.07) is 1.86. The topological polar surface area (TPSA) is 51.0 Å². The molecule has 0 atom stereocenters. The van der Waals surface area contributed by atoms with E-state index in [1.54, 1.807) is 0 Å².